The van der Waals surface area contributed by atoms with Crippen molar-refractivity contribution in [3.63, 3.8) is 0 Å². The van der Waals surface area contributed by atoms with Gasteiger partial charge in [-0.2, -0.15) is 0 Å². The van der Waals surface area contributed by atoms with Gasteiger partial charge in [0.2, 0.25) is 0 Å². The molecule has 154 valence electrons. The van der Waals surface area contributed by atoms with Gasteiger partial charge in [0, 0.05) is 17.7 Å². The highest BCUT2D eigenvalue weighted by Gasteiger charge is 2.40. The largest absolute Gasteiger partial charge is 0.468 e. The van der Waals surface area contributed by atoms with E-state index in [0.29, 0.717) is 16.8 Å². The number of allylic oxidation sites excluding steroid dienone is 1. The zero-order valence-electron chi connectivity index (χ0n) is 16.6. The Morgan fingerprint density at radius 2 is 1.73 bits per heavy atom. The molecule has 0 saturated heterocycles. The number of nitrogens with zero attached hydrogens (tertiary/aromatic N) is 3. The van der Waals surface area contributed by atoms with E-state index >= 15 is 0 Å². The normalized spacial score (nSPS) is 16.0. The summed E-state index contributed by atoms with van der Waals surface area (Å²) in [7, 11) is 1.36. The van der Waals surface area contributed by atoms with Gasteiger partial charge in [-0.1, -0.05) is 30.3 Å². The lowest BCUT2D eigenvalue weighted by atomic mass is 9.92. The summed E-state index contributed by atoms with van der Waals surface area (Å²) in [6.07, 6.45) is -0.843. The maximum absolute atomic E-state index is 13.1. The molecule has 1 aliphatic rings. The van der Waals surface area contributed by atoms with Crippen LogP contribution >= 0.6 is 0 Å². The molecule has 3 rings (SSSR count). The number of aliphatic imine (C=N–C) groups is 1. The fraction of sp³-hybridized carbons (Fsp3) is 0.190. The van der Waals surface area contributed by atoms with Crippen LogP contribution in [0.1, 0.15) is 25.5 Å². The SMILES string of the molecule is COC1=NC(C)=C(C(C)=O)C(c2ccccc2)N1C(=O)Oc1ccc([N+](=O)[O-])cc1. The van der Waals surface area contributed by atoms with Crippen LogP contribution in [-0.2, 0) is 9.53 Å². The van der Waals surface area contributed by atoms with Gasteiger partial charge in [0.25, 0.3) is 5.69 Å². The van der Waals surface area contributed by atoms with E-state index in [1.54, 1.807) is 31.2 Å². The number of nitro benzene ring substituents is 1. The molecule has 0 aromatic heterocycles. The molecule has 0 bridgehead atoms. The maximum atomic E-state index is 13.1. The molecule has 1 aliphatic heterocycles. The first-order valence-electron chi connectivity index (χ1n) is 8.98. The predicted molar refractivity (Wildman–Crippen MR) is 108 cm³/mol. The van der Waals surface area contributed by atoms with Gasteiger partial charge < -0.3 is 9.47 Å². The van der Waals surface area contributed by atoms with Crippen molar-refractivity contribution in [2.24, 2.45) is 4.99 Å². The number of carbonyl (C=O) groups excluding carboxylic acids is 2. The summed E-state index contributed by atoms with van der Waals surface area (Å²) in [6, 6.07) is 13.2. The Balaban J connectivity index is 2.02. The van der Waals surface area contributed by atoms with Gasteiger partial charge in [0.15, 0.2) is 5.78 Å². The number of non-ortho nitro benzene ring substituents is 1. The number of amidine groups is 1. The van der Waals surface area contributed by atoms with E-state index in [2.05, 4.69) is 4.99 Å². The average Bonchev–Trinajstić information content (AvgIpc) is 2.73. The number of Topliss-reactive ketones (excluding diaryl/α,β-unsaturated/α-hetero) is 1. The molecular formula is C21H19N3O6. The quantitative estimate of drug-likeness (QED) is 0.557. The molecular weight excluding hydrogens is 390 g/mol. The minimum Gasteiger partial charge on any atom is -0.468 e. The van der Waals surface area contributed by atoms with Crippen molar-refractivity contribution in [1.82, 2.24) is 4.90 Å². The van der Waals surface area contributed by atoms with E-state index in [4.69, 9.17) is 9.47 Å². The van der Waals surface area contributed by atoms with Crippen LogP contribution in [0.5, 0.6) is 5.75 Å². The fourth-order valence-corrected chi connectivity index (χ4v) is 3.21. The zero-order chi connectivity index (χ0) is 21.8. The average molecular weight is 409 g/mol. The number of methoxy groups -OCH3 is 1. The number of rotatable bonds is 4. The molecule has 30 heavy (non-hydrogen) atoms. The standard InChI is InChI=1S/C21H19N3O6/c1-13-18(14(2)25)19(15-7-5-4-6-8-15)23(20(22-13)29-3)21(26)30-17-11-9-16(10-12-17)24(27)28/h4-12,19H,1-3H3. The summed E-state index contributed by atoms with van der Waals surface area (Å²) in [5.74, 6) is -0.142. The summed E-state index contributed by atoms with van der Waals surface area (Å²) in [4.78, 5) is 41.2. The number of nitro groups is 1. The molecule has 1 heterocycles. The molecule has 0 saturated carbocycles. The highest BCUT2D eigenvalue weighted by Crippen LogP contribution is 2.36. The molecule has 1 atom stereocenters. The molecule has 2 aromatic rings. The van der Waals surface area contributed by atoms with Crippen molar-refractivity contribution in [2.75, 3.05) is 7.11 Å². The van der Waals surface area contributed by atoms with Crippen LogP contribution < -0.4 is 4.74 Å². The lowest BCUT2D eigenvalue weighted by molar-refractivity contribution is -0.384. The molecule has 0 spiro atoms. The van der Waals surface area contributed by atoms with E-state index in [0.717, 1.165) is 4.90 Å². The highest BCUT2D eigenvalue weighted by atomic mass is 16.6. The van der Waals surface area contributed by atoms with Crippen LogP contribution in [0.3, 0.4) is 0 Å². The third kappa shape index (κ3) is 4.04. The molecule has 2 aromatic carbocycles. The van der Waals surface area contributed by atoms with Gasteiger partial charge in [-0.3, -0.25) is 14.9 Å². The monoisotopic (exact) mass is 409 g/mol. The molecule has 9 nitrogen and oxygen atoms in total. The molecule has 0 N–H and O–H groups in total. The van der Waals surface area contributed by atoms with Crippen molar-refractivity contribution in [3.05, 3.63) is 81.5 Å². The number of amides is 1. The summed E-state index contributed by atoms with van der Waals surface area (Å²) >= 11 is 0. The Morgan fingerprint density at radius 3 is 2.27 bits per heavy atom. The van der Waals surface area contributed by atoms with Crippen molar-refractivity contribution in [2.45, 2.75) is 19.9 Å². The summed E-state index contributed by atoms with van der Waals surface area (Å²) in [5, 5.41) is 10.8. The number of hydrogen-bond donors (Lipinski definition) is 0. The van der Waals surface area contributed by atoms with E-state index in [-0.39, 0.29) is 23.2 Å². The van der Waals surface area contributed by atoms with Crippen LogP contribution in [0.4, 0.5) is 10.5 Å². The minimum absolute atomic E-state index is 0.0294. The van der Waals surface area contributed by atoms with E-state index in [1.807, 2.05) is 6.07 Å². The Labute approximate surface area is 172 Å². The summed E-state index contributed by atoms with van der Waals surface area (Å²) in [5.41, 5.74) is 1.31. The highest BCUT2D eigenvalue weighted by molar-refractivity contribution is 6.01. The van der Waals surface area contributed by atoms with Gasteiger partial charge in [0.05, 0.1) is 17.7 Å². The first kappa shape index (κ1) is 20.7. The van der Waals surface area contributed by atoms with Crippen molar-refractivity contribution in [3.8, 4) is 5.75 Å². The van der Waals surface area contributed by atoms with Crippen molar-refractivity contribution < 1.29 is 24.0 Å². The van der Waals surface area contributed by atoms with Gasteiger partial charge in [-0.25, -0.2) is 14.7 Å². The number of benzene rings is 2. The smallest absolute Gasteiger partial charge is 0.424 e. The topological polar surface area (TPSA) is 111 Å². The molecule has 0 aliphatic carbocycles. The van der Waals surface area contributed by atoms with Crippen LogP contribution in [0.2, 0.25) is 0 Å². The van der Waals surface area contributed by atoms with Gasteiger partial charge in [-0.15, -0.1) is 0 Å². The lowest BCUT2D eigenvalue weighted by Gasteiger charge is -2.35. The second-order valence-electron chi connectivity index (χ2n) is 6.46. The third-order valence-electron chi connectivity index (χ3n) is 4.52. The maximum Gasteiger partial charge on any atom is 0.424 e. The molecule has 9 heteroatoms. The molecule has 0 radical (unpaired) electrons. The number of hydrogen-bond acceptors (Lipinski definition) is 7. The Bertz CT molecular complexity index is 1040. The summed E-state index contributed by atoms with van der Waals surface area (Å²) in [6.45, 7) is 3.08. The fourth-order valence-electron chi connectivity index (χ4n) is 3.21. The second kappa shape index (κ2) is 8.56. The van der Waals surface area contributed by atoms with Crippen molar-refractivity contribution in [1.29, 1.82) is 0 Å². The van der Waals surface area contributed by atoms with Gasteiger partial charge in [0.1, 0.15) is 11.8 Å². The van der Waals surface area contributed by atoms with E-state index < -0.39 is 17.1 Å². The Morgan fingerprint density at radius 1 is 1.10 bits per heavy atom. The second-order valence-corrected chi connectivity index (χ2v) is 6.46. The zero-order valence-corrected chi connectivity index (χ0v) is 16.6. The van der Waals surface area contributed by atoms with E-state index in [1.165, 1.54) is 38.3 Å². The van der Waals surface area contributed by atoms with Crippen LogP contribution in [0.15, 0.2) is 70.9 Å². The van der Waals surface area contributed by atoms with E-state index in [9.17, 15) is 19.7 Å². The van der Waals surface area contributed by atoms with Gasteiger partial charge in [-0.05, 0) is 31.5 Å². The first-order chi connectivity index (χ1) is 14.3. The molecule has 0 fully saturated rings. The predicted octanol–water partition coefficient (Wildman–Crippen LogP) is 4.02. The minimum atomic E-state index is -0.843. The molecule has 1 unspecified atom stereocenters. The van der Waals surface area contributed by atoms with Crippen LogP contribution in [0.25, 0.3) is 0 Å². The number of carbonyl (C=O) groups is 2. The Hall–Kier alpha value is -4.01. The number of ether oxygens (including phenoxy) is 2. The van der Waals surface area contributed by atoms with Crippen LogP contribution in [0, 0.1) is 10.1 Å². The summed E-state index contributed by atoms with van der Waals surface area (Å²) < 4.78 is 10.7. The Kier molecular flexibility index (Phi) is 5.91. The van der Waals surface area contributed by atoms with Crippen molar-refractivity contribution >= 4 is 23.6 Å². The third-order valence-corrected chi connectivity index (χ3v) is 4.52. The van der Waals surface area contributed by atoms with Gasteiger partial charge >= 0.3 is 12.1 Å². The molecule has 1 amide bonds. The lowest BCUT2D eigenvalue weighted by Crippen LogP contribution is -2.46. The number of ketones is 1. The van der Waals surface area contributed by atoms with Crippen LogP contribution in [-0.4, -0.2) is 34.8 Å². The first-order valence-corrected chi connectivity index (χ1v) is 8.98.